The standard InChI is InChI=1S/C16H16N2S/c17-9-11-5-7-12(8-6-11)16(18)14-10-19-15-4-2-1-3-13(14)15/h1-8,10,16H,9,17-18H2. The van der Waals surface area contributed by atoms with Crippen LogP contribution in [0.1, 0.15) is 22.7 Å². The van der Waals surface area contributed by atoms with Crippen molar-refractivity contribution in [2.75, 3.05) is 0 Å². The van der Waals surface area contributed by atoms with Gasteiger partial charge in [0.2, 0.25) is 0 Å². The minimum atomic E-state index is -0.0806. The number of benzene rings is 2. The maximum Gasteiger partial charge on any atom is 0.0566 e. The number of hydrogen-bond acceptors (Lipinski definition) is 3. The molecule has 0 aliphatic carbocycles. The normalized spacial score (nSPS) is 12.7. The molecule has 96 valence electrons. The van der Waals surface area contributed by atoms with E-state index >= 15 is 0 Å². The molecule has 1 atom stereocenters. The Bertz CT molecular complexity index is 685. The van der Waals surface area contributed by atoms with Crippen LogP contribution in [0.25, 0.3) is 10.1 Å². The Labute approximate surface area is 116 Å². The SMILES string of the molecule is NCc1ccc(C(N)c2csc3ccccc23)cc1. The summed E-state index contributed by atoms with van der Waals surface area (Å²) in [5, 5.41) is 3.41. The first-order chi connectivity index (χ1) is 9.29. The van der Waals surface area contributed by atoms with E-state index in [1.807, 2.05) is 12.1 Å². The zero-order chi connectivity index (χ0) is 13.2. The molecule has 0 fully saturated rings. The van der Waals surface area contributed by atoms with E-state index in [-0.39, 0.29) is 6.04 Å². The van der Waals surface area contributed by atoms with E-state index in [0.717, 1.165) is 11.1 Å². The predicted molar refractivity (Wildman–Crippen MR) is 82.2 cm³/mol. The summed E-state index contributed by atoms with van der Waals surface area (Å²) >= 11 is 1.74. The van der Waals surface area contributed by atoms with Gasteiger partial charge in [-0.2, -0.15) is 0 Å². The molecule has 19 heavy (non-hydrogen) atoms. The average Bonchev–Trinajstić information content (AvgIpc) is 2.90. The van der Waals surface area contributed by atoms with Gasteiger partial charge in [0.15, 0.2) is 0 Å². The van der Waals surface area contributed by atoms with Crippen molar-refractivity contribution in [1.82, 2.24) is 0 Å². The molecule has 2 nitrogen and oxygen atoms in total. The molecular weight excluding hydrogens is 252 g/mol. The second-order valence-electron chi connectivity index (χ2n) is 4.61. The highest BCUT2D eigenvalue weighted by atomic mass is 32.1. The summed E-state index contributed by atoms with van der Waals surface area (Å²) in [6.07, 6.45) is 0. The van der Waals surface area contributed by atoms with Crippen molar-refractivity contribution in [3.05, 3.63) is 70.6 Å². The molecule has 1 heterocycles. The maximum atomic E-state index is 6.39. The first-order valence-corrected chi connectivity index (χ1v) is 7.18. The fourth-order valence-electron chi connectivity index (χ4n) is 2.28. The lowest BCUT2D eigenvalue weighted by Gasteiger charge is -2.12. The quantitative estimate of drug-likeness (QED) is 0.765. The Morgan fingerprint density at radius 2 is 1.74 bits per heavy atom. The summed E-state index contributed by atoms with van der Waals surface area (Å²) in [6.45, 7) is 0.566. The van der Waals surface area contributed by atoms with Gasteiger partial charge < -0.3 is 11.5 Å². The van der Waals surface area contributed by atoms with Gasteiger partial charge in [0.25, 0.3) is 0 Å². The second kappa shape index (κ2) is 5.13. The summed E-state index contributed by atoms with van der Waals surface area (Å²) in [7, 11) is 0. The Balaban J connectivity index is 2.00. The van der Waals surface area contributed by atoms with Crippen LogP contribution in [0, 0.1) is 0 Å². The third kappa shape index (κ3) is 2.28. The maximum absolute atomic E-state index is 6.39. The van der Waals surface area contributed by atoms with E-state index in [1.54, 1.807) is 11.3 Å². The fourth-order valence-corrected chi connectivity index (χ4v) is 3.28. The van der Waals surface area contributed by atoms with E-state index in [9.17, 15) is 0 Å². The number of thiophene rings is 1. The van der Waals surface area contributed by atoms with Crippen LogP contribution in [0.3, 0.4) is 0 Å². The second-order valence-corrected chi connectivity index (χ2v) is 5.52. The van der Waals surface area contributed by atoms with Crippen LogP contribution in [-0.4, -0.2) is 0 Å². The molecule has 3 rings (SSSR count). The van der Waals surface area contributed by atoms with Gasteiger partial charge in [0.05, 0.1) is 6.04 Å². The van der Waals surface area contributed by atoms with Gasteiger partial charge in [0.1, 0.15) is 0 Å². The van der Waals surface area contributed by atoms with Gasteiger partial charge in [-0.15, -0.1) is 11.3 Å². The first kappa shape index (κ1) is 12.4. The minimum Gasteiger partial charge on any atom is -0.326 e. The van der Waals surface area contributed by atoms with Crippen molar-refractivity contribution in [3.8, 4) is 0 Å². The smallest absolute Gasteiger partial charge is 0.0566 e. The van der Waals surface area contributed by atoms with Gasteiger partial charge in [-0.05, 0) is 33.5 Å². The monoisotopic (exact) mass is 268 g/mol. The zero-order valence-corrected chi connectivity index (χ0v) is 11.4. The number of hydrogen-bond donors (Lipinski definition) is 2. The molecular formula is C16H16N2S. The summed E-state index contributed by atoms with van der Waals surface area (Å²) in [6, 6.07) is 16.5. The van der Waals surface area contributed by atoms with Crippen LogP contribution < -0.4 is 11.5 Å². The van der Waals surface area contributed by atoms with Crippen molar-refractivity contribution in [3.63, 3.8) is 0 Å². The zero-order valence-electron chi connectivity index (χ0n) is 10.5. The summed E-state index contributed by atoms with van der Waals surface area (Å²) in [4.78, 5) is 0. The molecule has 0 bridgehead atoms. The topological polar surface area (TPSA) is 52.0 Å². The predicted octanol–water partition coefficient (Wildman–Crippen LogP) is 3.41. The van der Waals surface area contributed by atoms with Gasteiger partial charge in [-0.1, -0.05) is 42.5 Å². The minimum absolute atomic E-state index is 0.0806. The Kier molecular flexibility index (Phi) is 3.34. The molecule has 0 aliphatic heterocycles. The Morgan fingerprint density at radius 3 is 2.47 bits per heavy atom. The van der Waals surface area contributed by atoms with Crippen LogP contribution >= 0.6 is 11.3 Å². The third-order valence-electron chi connectivity index (χ3n) is 3.42. The van der Waals surface area contributed by atoms with E-state index in [1.165, 1.54) is 15.6 Å². The van der Waals surface area contributed by atoms with E-state index in [0.29, 0.717) is 6.54 Å². The van der Waals surface area contributed by atoms with Gasteiger partial charge in [-0.25, -0.2) is 0 Å². The van der Waals surface area contributed by atoms with Crippen molar-refractivity contribution in [2.45, 2.75) is 12.6 Å². The lowest BCUT2D eigenvalue weighted by atomic mass is 9.98. The molecule has 0 spiro atoms. The van der Waals surface area contributed by atoms with Crippen LogP contribution in [0.4, 0.5) is 0 Å². The third-order valence-corrected chi connectivity index (χ3v) is 4.40. The van der Waals surface area contributed by atoms with E-state index in [4.69, 9.17) is 11.5 Å². The number of nitrogens with two attached hydrogens (primary N) is 2. The summed E-state index contributed by atoms with van der Waals surface area (Å²) < 4.78 is 1.28. The molecule has 4 N–H and O–H groups in total. The molecule has 2 aromatic carbocycles. The molecule has 1 unspecified atom stereocenters. The highest BCUT2D eigenvalue weighted by molar-refractivity contribution is 7.17. The number of fused-ring (bicyclic) bond motifs is 1. The van der Waals surface area contributed by atoms with E-state index < -0.39 is 0 Å². The van der Waals surface area contributed by atoms with Crippen LogP contribution in [-0.2, 0) is 6.54 Å². The molecule has 0 aliphatic rings. The molecule has 0 radical (unpaired) electrons. The van der Waals surface area contributed by atoms with Gasteiger partial charge >= 0.3 is 0 Å². The van der Waals surface area contributed by atoms with E-state index in [2.05, 4.69) is 41.8 Å². The van der Waals surface area contributed by atoms with Crippen molar-refractivity contribution >= 4 is 21.4 Å². The Hall–Kier alpha value is -1.68. The first-order valence-electron chi connectivity index (χ1n) is 6.30. The van der Waals surface area contributed by atoms with Crippen LogP contribution in [0.5, 0.6) is 0 Å². The van der Waals surface area contributed by atoms with Crippen LogP contribution in [0.2, 0.25) is 0 Å². The average molecular weight is 268 g/mol. The van der Waals surface area contributed by atoms with Gasteiger partial charge in [-0.3, -0.25) is 0 Å². The highest BCUT2D eigenvalue weighted by Crippen LogP contribution is 2.32. The van der Waals surface area contributed by atoms with Crippen molar-refractivity contribution < 1.29 is 0 Å². The fraction of sp³-hybridized carbons (Fsp3) is 0.125. The molecule has 3 aromatic rings. The highest BCUT2D eigenvalue weighted by Gasteiger charge is 2.13. The van der Waals surface area contributed by atoms with Crippen LogP contribution in [0.15, 0.2) is 53.9 Å². The largest absolute Gasteiger partial charge is 0.326 e. The lowest BCUT2D eigenvalue weighted by molar-refractivity contribution is 0.882. The lowest BCUT2D eigenvalue weighted by Crippen LogP contribution is -2.11. The molecule has 0 saturated heterocycles. The molecule has 0 saturated carbocycles. The van der Waals surface area contributed by atoms with Crippen molar-refractivity contribution in [1.29, 1.82) is 0 Å². The number of rotatable bonds is 3. The molecule has 0 amide bonds. The summed E-state index contributed by atoms with van der Waals surface area (Å²) in [5.41, 5.74) is 15.5. The summed E-state index contributed by atoms with van der Waals surface area (Å²) in [5.74, 6) is 0. The Morgan fingerprint density at radius 1 is 1.00 bits per heavy atom. The van der Waals surface area contributed by atoms with Gasteiger partial charge in [0, 0.05) is 11.2 Å². The van der Waals surface area contributed by atoms with Crippen molar-refractivity contribution in [2.24, 2.45) is 11.5 Å². The molecule has 3 heteroatoms. The molecule has 1 aromatic heterocycles.